The van der Waals surface area contributed by atoms with Crippen molar-refractivity contribution in [3.63, 3.8) is 0 Å². The molecule has 2 aliphatic rings. The molecule has 2 aromatic carbocycles. The van der Waals surface area contributed by atoms with Crippen molar-refractivity contribution >= 4 is 44.5 Å². The summed E-state index contributed by atoms with van der Waals surface area (Å²) < 4.78 is 29.8. The summed E-state index contributed by atoms with van der Waals surface area (Å²) in [6.07, 6.45) is 4.94. The molecule has 1 saturated heterocycles. The zero-order valence-corrected chi connectivity index (χ0v) is 25.9. The van der Waals surface area contributed by atoms with Crippen molar-refractivity contribution in [2.75, 3.05) is 26.2 Å². The molecule has 244 valence electrons. The lowest BCUT2D eigenvalue weighted by Crippen LogP contribution is -2.54. The number of benzene rings is 2. The van der Waals surface area contributed by atoms with Gasteiger partial charge < -0.3 is 26.0 Å². The van der Waals surface area contributed by atoms with E-state index in [-0.39, 0.29) is 36.3 Å². The van der Waals surface area contributed by atoms with Crippen LogP contribution in [0.15, 0.2) is 66.0 Å². The zero-order valence-electron chi connectivity index (χ0n) is 25.1. The smallest absolute Gasteiger partial charge is 0.407 e. The summed E-state index contributed by atoms with van der Waals surface area (Å²) in [5, 5.41) is 13.6. The Labute approximate surface area is 266 Å². The third kappa shape index (κ3) is 8.02. The molecule has 3 amide bonds. The predicted molar refractivity (Wildman–Crippen MR) is 167 cm³/mol. The molecule has 3 aromatic rings. The minimum Gasteiger partial charge on any atom is -0.465 e. The second-order valence-corrected chi connectivity index (χ2v) is 13.3. The van der Waals surface area contributed by atoms with Gasteiger partial charge in [0.25, 0.3) is 5.91 Å². The molecule has 46 heavy (non-hydrogen) atoms. The zero-order chi connectivity index (χ0) is 32.8. The molecule has 5 rings (SSSR count). The summed E-state index contributed by atoms with van der Waals surface area (Å²) in [7, 11) is -4.28. The summed E-state index contributed by atoms with van der Waals surface area (Å²) in [6, 6.07) is 9.07. The van der Waals surface area contributed by atoms with Crippen LogP contribution in [0, 0.1) is 5.92 Å². The number of nitrogens with one attached hydrogen (secondary N) is 2. The van der Waals surface area contributed by atoms with Crippen LogP contribution in [-0.4, -0.2) is 101 Å². The average molecular weight is 652 g/mol. The Morgan fingerprint density at radius 3 is 2.52 bits per heavy atom. The van der Waals surface area contributed by atoms with Crippen LogP contribution in [0.4, 0.5) is 4.79 Å². The number of likely N-dealkylation sites (tertiary alicyclic amines) is 1. The van der Waals surface area contributed by atoms with E-state index in [1.54, 1.807) is 18.2 Å². The number of piperidine rings is 1. The quantitative estimate of drug-likeness (QED) is 0.209. The van der Waals surface area contributed by atoms with Crippen LogP contribution in [-0.2, 0) is 19.6 Å². The monoisotopic (exact) mass is 651 g/mol. The van der Waals surface area contributed by atoms with Gasteiger partial charge in [0.2, 0.25) is 15.9 Å². The molecule has 0 bridgehead atoms. The van der Waals surface area contributed by atoms with Gasteiger partial charge in [0.05, 0.1) is 17.1 Å². The second-order valence-electron chi connectivity index (χ2n) is 11.6. The fraction of sp³-hybridized carbons (Fsp3) is 0.419. The molecular weight excluding hydrogens is 614 g/mol. The minimum atomic E-state index is -4.28. The molecule has 5 N–H and O–H groups in total. The molecule has 2 heterocycles. The first kappa shape index (κ1) is 32.9. The normalized spacial score (nSPS) is 18.0. The number of carbonyl (C=O) groups excluding carboxylic acids is 3. The predicted octanol–water partition coefficient (Wildman–Crippen LogP) is 1.37. The number of ketones is 1. The molecule has 2 fully saturated rings. The summed E-state index contributed by atoms with van der Waals surface area (Å²) in [5.74, 6) is -2.12. The van der Waals surface area contributed by atoms with E-state index >= 15 is 0 Å². The minimum absolute atomic E-state index is 0.0579. The molecular formula is C31H37N7O7S. The fourth-order valence-corrected chi connectivity index (χ4v) is 6.93. The molecule has 1 aliphatic carbocycles. The van der Waals surface area contributed by atoms with Crippen LogP contribution in [0.3, 0.4) is 0 Å². The molecule has 1 unspecified atom stereocenters. The van der Waals surface area contributed by atoms with Gasteiger partial charge in [0.1, 0.15) is 11.7 Å². The van der Waals surface area contributed by atoms with E-state index in [1.165, 1.54) is 40.5 Å². The summed E-state index contributed by atoms with van der Waals surface area (Å²) >= 11 is 0. The molecule has 0 radical (unpaired) electrons. The fourth-order valence-electron chi connectivity index (χ4n) is 5.70. The maximum absolute atomic E-state index is 14.1. The van der Waals surface area contributed by atoms with E-state index in [4.69, 9.17) is 5.73 Å². The lowest BCUT2D eigenvalue weighted by atomic mass is 9.87. The number of hydrogen-bond donors (Lipinski definition) is 4. The number of carbonyl (C=O) groups is 4. The van der Waals surface area contributed by atoms with E-state index in [2.05, 4.69) is 20.0 Å². The Morgan fingerprint density at radius 2 is 1.83 bits per heavy atom. The van der Waals surface area contributed by atoms with Crippen molar-refractivity contribution < 1.29 is 32.7 Å². The lowest BCUT2D eigenvalue weighted by Gasteiger charge is -2.34. The number of nitrogens with zero attached hydrogens (tertiary/aromatic N) is 4. The molecule has 1 aromatic heterocycles. The average Bonchev–Trinajstić information content (AvgIpc) is 3.91. The van der Waals surface area contributed by atoms with E-state index in [9.17, 15) is 32.7 Å². The largest absolute Gasteiger partial charge is 0.465 e. The van der Waals surface area contributed by atoms with E-state index in [0.29, 0.717) is 37.6 Å². The van der Waals surface area contributed by atoms with Crippen molar-refractivity contribution in [2.45, 2.75) is 55.1 Å². The number of rotatable bonds is 13. The second kappa shape index (κ2) is 14.3. The van der Waals surface area contributed by atoms with E-state index in [0.717, 1.165) is 5.39 Å². The third-order valence-corrected chi connectivity index (χ3v) is 9.81. The van der Waals surface area contributed by atoms with Gasteiger partial charge >= 0.3 is 6.09 Å². The highest BCUT2D eigenvalue weighted by Crippen LogP contribution is 2.28. The van der Waals surface area contributed by atoms with Crippen LogP contribution in [0.25, 0.3) is 10.8 Å². The highest BCUT2D eigenvalue weighted by atomic mass is 32.2. The van der Waals surface area contributed by atoms with Crippen molar-refractivity contribution in [3.8, 4) is 0 Å². The first-order valence-corrected chi connectivity index (χ1v) is 16.6. The molecule has 0 spiro atoms. The van der Waals surface area contributed by atoms with Crippen LogP contribution in [0.2, 0.25) is 0 Å². The van der Waals surface area contributed by atoms with Gasteiger partial charge in [-0.2, -0.15) is 4.72 Å². The van der Waals surface area contributed by atoms with E-state index in [1.807, 2.05) is 12.1 Å². The molecule has 14 nitrogen and oxygen atoms in total. The van der Waals surface area contributed by atoms with Gasteiger partial charge in [-0.1, -0.05) is 30.3 Å². The Kier molecular flexibility index (Phi) is 10.2. The number of hydrogen-bond acceptors (Lipinski definition) is 9. The topological polar surface area (TPSA) is 205 Å². The van der Waals surface area contributed by atoms with Crippen molar-refractivity contribution in [1.29, 1.82) is 0 Å². The van der Waals surface area contributed by atoms with Crippen LogP contribution >= 0.6 is 0 Å². The number of Topliss-reactive ketones (excluding diaryl/α,β-unsaturated/α-hetero) is 1. The number of carboxylic acid groups (broad SMARTS) is 1. The van der Waals surface area contributed by atoms with Gasteiger partial charge in [0.15, 0.2) is 5.78 Å². The number of nitrogens with two attached hydrogens (primary N) is 1. The highest BCUT2D eigenvalue weighted by molar-refractivity contribution is 7.89. The maximum Gasteiger partial charge on any atom is 0.407 e. The summed E-state index contributed by atoms with van der Waals surface area (Å²) in [4.78, 5) is 62.0. The number of fused-ring (bicyclic) bond motifs is 1. The first-order chi connectivity index (χ1) is 22.0. The number of amides is 3. The molecule has 15 heteroatoms. The number of aromatic nitrogens is 2. The van der Waals surface area contributed by atoms with Gasteiger partial charge in [-0.05, 0) is 54.5 Å². The standard InChI is InChI=1S/C31H37N7O7S/c32-28(22-6-3-14-37(19-22)31(42)43)27(39)17-25(36-46(44,45)24-10-7-20-4-1-2-5-21(20)16-24)30(41)38(23-8-9-23)15-13-35-29(40)26-18-33-11-12-34-26/h1-2,4-5,7,10-12,16,18,22-23,25,28,36H,3,6,8-9,13-15,17,19,32H2,(H,35,40)(H,42,43)/t22-,25?,28-/m0/s1. The van der Waals surface area contributed by atoms with Gasteiger partial charge in [-0.15, -0.1) is 0 Å². The molecule has 1 aliphatic heterocycles. The highest BCUT2D eigenvalue weighted by Gasteiger charge is 2.40. The summed E-state index contributed by atoms with van der Waals surface area (Å²) in [5.41, 5.74) is 6.44. The summed E-state index contributed by atoms with van der Waals surface area (Å²) in [6.45, 7) is 0.537. The molecule has 1 saturated carbocycles. The Morgan fingerprint density at radius 1 is 1.07 bits per heavy atom. The van der Waals surface area contributed by atoms with E-state index < -0.39 is 58.1 Å². The van der Waals surface area contributed by atoms with Crippen LogP contribution in [0.1, 0.15) is 42.6 Å². The molecule has 3 atom stereocenters. The first-order valence-electron chi connectivity index (χ1n) is 15.2. The SMILES string of the molecule is N[C@H](C(=O)CC(NS(=O)(=O)c1ccc2ccccc2c1)C(=O)N(CCNC(=O)c1cnccn1)C1CC1)[C@H]1CCCN(C(=O)O)C1. The Balaban J connectivity index is 1.35. The van der Waals surface area contributed by atoms with Gasteiger partial charge in [-0.3, -0.25) is 19.4 Å². The Bertz CT molecular complexity index is 1700. The van der Waals surface area contributed by atoms with Crippen molar-refractivity contribution in [3.05, 3.63) is 66.7 Å². The van der Waals surface area contributed by atoms with Crippen LogP contribution in [0.5, 0.6) is 0 Å². The Hall–Kier alpha value is -4.47. The van der Waals surface area contributed by atoms with Crippen molar-refractivity contribution in [2.24, 2.45) is 11.7 Å². The van der Waals surface area contributed by atoms with Gasteiger partial charge in [-0.25, -0.2) is 18.2 Å². The van der Waals surface area contributed by atoms with Gasteiger partial charge in [0, 0.05) is 51.0 Å². The van der Waals surface area contributed by atoms with Crippen LogP contribution < -0.4 is 15.8 Å². The number of sulfonamides is 1. The van der Waals surface area contributed by atoms with Crippen molar-refractivity contribution in [1.82, 2.24) is 29.8 Å². The maximum atomic E-state index is 14.1. The third-order valence-electron chi connectivity index (χ3n) is 8.34. The lowest BCUT2D eigenvalue weighted by molar-refractivity contribution is -0.136.